The number of aryl methyl sites for hydroxylation is 1. The Kier molecular flexibility index (Phi) is 3.63. The fourth-order valence-electron chi connectivity index (χ4n) is 1.76. The van der Waals surface area contributed by atoms with Gasteiger partial charge in [0.2, 0.25) is 11.7 Å². The molecule has 21 heavy (non-hydrogen) atoms. The number of carbonyl (C=O) groups is 1. The van der Waals surface area contributed by atoms with Crippen LogP contribution in [-0.4, -0.2) is 23.2 Å². The molecule has 1 aromatic carbocycles. The zero-order chi connectivity index (χ0) is 15.8. The van der Waals surface area contributed by atoms with E-state index >= 15 is 0 Å². The first-order valence-electron chi connectivity index (χ1n) is 5.70. The SMILES string of the molecule is COc1ccc(C)cc1-c1nc(C(F)(F)F)c(C(=O)O)o1. The molecule has 0 unspecified atom stereocenters. The van der Waals surface area contributed by atoms with Crippen LogP contribution in [-0.2, 0) is 6.18 Å². The predicted octanol–water partition coefficient (Wildman–Crippen LogP) is 3.38. The fourth-order valence-corrected chi connectivity index (χ4v) is 1.76. The average molecular weight is 301 g/mol. The molecule has 0 aliphatic carbocycles. The number of methoxy groups -OCH3 is 1. The van der Waals surface area contributed by atoms with Gasteiger partial charge in [0, 0.05) is 0 Å². The minimum atomic E-state index is -4.92. The van der Waals surface area contributed by atoms with Gasteiger partial charge in [0.15, 0.2) is 5.69 Å². The number of aromatic carboxylic acids is 1. The number of halogens is 3. The van der Waals surface area contributed by atoms with E-state index in [9.17, 15) is 18.0 Å². The number of carboxylic acids is 1. The number of benzene rings is 1. The van der Waals surface area contributed by atoms with Crippen molar-refractivity contribution < 1.29 is 32.2 Å². The molecule has 2 aromatic rings. The van der Waals surface area contributed by atoms with E-state index in [0.717, 1.165) is 5.56 Å². The van der Waals surface area contributed by atoms with E-state index in [2.05, 4.69) is 4.98 Å². The Bertz CT molecular complexity index is 691. The Balaban J connectivity index is 2.66. The largest absolute Gasteiger partial charge is 0.496 e. The molecule has 1 aromatic heterocycles. The Labute approximate surface area is 117 Å². The van der Waals surface area contributed by atoms with Gasteiger partial charge in [-0.25, -0.2) is 9.78 Å². The summed E-state index contributed by atoms with van der Waals surface area (Å²) in [4.78, 5) is 14.1. The molecule has 2 rings (SSSR count). The van der Waals surface area contributed by atoms with E-state index in [1.807, 2.05) is 0 Å². The van der Waals surface area contributed by atoms with Gasteiger partial charge in [-0.2, -0.15) is 13.2 Å². The maximum atomic E-state index is 12.8. The normalized spacial score (nSPS) is 11.5. The number of nitrogens with zero attached hydrogens (tertiary/aromatic N) is 1. The monoisotopic (exact) mass is 301 g/mol. The molecular formula is C13H10F3NO4. The molecule has 0 aliphatic rings. The summed E-state index contributed by atoms with van der Waals surface area (Å²) >= 11 is 0. The average Bonchev–Trinajstić information content (AvgIpc) is 2.83. The maximum Gasteiger partial charge on any atom is 0.437 e. The molecule has 0 amide bonds. The zero-order valence-corrected chi connectivity index (χ0v) is 11.0. The lowest BCUT2D eigenvalue weighted by Crippen LogP contribution is -2.11. The molecule has 0 atom stereocenters. The van der Waals surface area contributed by atoms with Gasteiger partial charge in [-0.3, -0.25) is 0 Å². The van der Waals surface area contributed by atoms with E-state index in [1.54, 1.807) is 13.0 Å². The summed E-state index contributed by atoms with van der Waals surface area (Å²) in [7, 11) is 1.33. The molecule has 0 bridgehead atoms. The summed E-state index contributed by atoms with van der Waals surface area (Å²) in [6.45, 7) is 1.72. The van der Waals surface area contributed by atoms with Gasteiger partial charge in [0.05, 0.1) is 12.7 Å². The van der Waals surface area contributed by atoms with E-state index in [4.69, 9.17) is 14.3 Å². The highest BCUT2D eigenvalue weighted by Gasteiger charge is 2.41. The summed E-state index contributed by atoms with van der Waals surface area (Å²) in [5.74, 6) is -3.32. The summed E-state index contributed by atoms with van der Waals surface area (Å²) in [6, 6.07) is 4.72. The highest BCUT2D eigenvalue weighted by molar-refractivity contribution is 5.86. The Morgan fingerprint density at radius 3 is 2.52 bits per heavy atom. The summed E-state index contributed by atoms with van der Waals surface area (Å²) < 4.78 is 48.1. The first kappa shape index (κ1) is 14.9. The van der Waals surface area contributed by atoms with Crippen LogP contribution in [0.15, 0.2) is 22.6 Å². The van der Waals surface area contributed by atoms with E-state index in [-0.39, 0.29) is 11.3 Å². The van der Waals surface area contributed by atoms with Crippen molar-refractivity contribution in [1.82, 2.24) is 4.98 Å². The molecule has 8 heteroatoms. The lowest BCUT2D eigenvalue weighted by atomic mass is 10.1. The van der Waals surface area contributed by atoms with E-state index < -0.39 is 29.5 Å². The minimum Gasteiger partial charge on any atom is -0.496 e. The van der Waals surface area contributed by atoms with Crippen molar-refractivity contribution in [3.8, 4) is 17.2 Å². The molecule has 1 heterocycles. The second-order valence-corrected chi connectivity index (χ2v) is 4.20. The standard InChI is InChI=1S/C13H10F3NO4/c1-6-3-4-8(20-2)7(5-6)11-17-10(13(14,15)16)9(21-11)12(18)19/h3-5H,1-2H3,(H,18,19). The van der Waals surface area contributed by atoms with Gasteiger partial charge in [0.25, 0.3) is 0 Å². The third-order valence-electron chi connectivity index (χ3n) is 2.68. The van der Waals surface area contributed by atoms with Crippen LogP contribution < -0.4 is 4.74 Å². The van der Waals surface area contributed by atoms with Gasteiger partial charge in [-0.1, -0.05) is 11.6 Å². The van der Waals surface area contributed by atoms with Crippen LogP contribution in [0.25, 0.3) is 11.5 Å². The number of rotatable bonds is 3. The van der Waals surface area contributed by atoms with Gasteiger partial charge in [-0.15, -0.1) is 0 Å². The summed E-state index contributed by atoms with van der Waals surface area (Å²) in [5.41, 5.74) is -0.696. The fraction of sp³-hybridized carbons (Fsp3) is 0.231. The predicted molar refractivity (Wildman–Crippen MR) is 65.2 cm³/mol. The number of alkyl halides is 3. The van der Waals surface area contributed by atoms with Crippen LogP contribution in [0.5, 0.6) is 5.75 Å². The number of ether oxygens (including phenoxy) is 1. The van der Waals surface area contributed by atoms with Crippen LogP contribution >= 0.6 is 0 Å². The van der Waals surface area contributed by atoms with Crippen molar-refractivity contribution in [3.63, 3.8) is 0 Å². The van der Waals surface area contributed by atoms with E-state index in [0.29, 0.717) is 0 Å². The van der Waals surface area contributed by atoms with Crippen LogP contribution in [0.2, 0.25) is 0 Å². The highest BCUT2D eigenvalue weighted by Crippen LogP contribution is 2.37. The molecule has 0 spiro atoms. The Morgan fingerprint density at radius 1 is 1.38 bits per heavy atom. The van der Waals surface area contributed by atoms with Gasteiger partial charge >= 0.3 is 12.1 Å². The molecular weight excluding hydrogens is 291 g/mol. The molecule has 112 valence electrons. The first-order valence-corrected chi connectivity index (χ1v) is 5.70. The topological polar surface area (TPSA) is 72.6 Å². The first-order chi connectivity index (χ1) is 9.74. The lowest BCUT2D eigenvalue weighted by molar-refractivity contribution is -0.141. The van der Waals surface area contributed by atoms with Crippen molar-refractivity contribution >= 4 is 5.97 Å². The molecule has 5 nitrogen and oxygen atoms in total. The van der Waals surface area contributed by atoms with E-state index in [1.165, 1.54) is 19.2 Å². The quantitative estimate of drug-likeness (QED) is 0.941. The molecule has 0 radical (unpaired) electrons. The van der Waals surface area contributed by atoms with Crippen LogP contribution in [0, 0.1) is 6.92 Å². The molecule has 0 aliphatic heterocycles. The van der Waals surface area contributed by atoms with Crippen LogP contribution in [0.1, 0.15) is 21.8 Å². The second kappa shape index (κ2) is 5.12. The summed E-state index contributed by atoms with van der Waals surface area (Å²) in [5, 5.41) is 8.81. The second-order valence-electron chi connectivity index (χ2n) is 4.20. The zero-order valence-electron chi connectivity index (χ0n) is 11.0. The van der Waals surface area contributed by atoms with Crippen molar-refractivity contribution in [1.29, 1.82) is 0 Å². The number of carboxylic acid groups (broad SMARTS) is 1. The third-order valence-corrected chi connectivity index (χ3v) is 2.68. The summed E-state index contributed by atoms with van der Waals surface area (Å²) in [6.07, 6.45) is -4.92. The van der Waals surface area contributed by atoms with Gasteiger partial charge in [0.1, 0.15) is 5.75 Å². The number of oxazole rings is 1. The number of aromatic nitrogens is 1. The number of hydrogen-bond donors (Lipinski definition) is 1. The van der Waals surface area contributed by atoms with Crippen LogP contribution in [0.3, 0.4) is 0 Å². The highest BCUT2D eigenvalue weighted by atomic mass is 19.4. The van der Waals surface area contributed by atoms with Gasteiger partial charge in [-0.05, 0) is 19.1 Å². The van der Waals surface area contributed by atoms with Crippen molar-refractivity contribution in [2.24, 2.45) is 0 Å². The molecule has 1 N–H and O–H groups in total. The van der Waals surface area contributed by atoms with Crippen molar-refractivity contribution in [2.75, 3.05) is 7.11 Å². The van der Waals surface area contributed by atoms with Crippen molar-refractivity contribution in [2.45, 2.75) is 13.1 Å². The number of hydrogen-bond acceptors (Lipinski definition) is 4. The van der Waals surface area contributed by atoms with Crippen LogP contribution in [0.4, 0.5) is 13.2 Å². The Morgan fingerprint density at radius 2 is 2.05 bits per heavy atom. The molecule has 0 saturated heterocycles. The van der Waals surface area contributed by atoms with Gasteiger partial charge < -0.3 is 14.3 Å². The minimum absolute atomic E-state index is 0.149. The van der Waals surface area contributed by atoms with Crippen molar-refractivity contribution in [3.05, 3.63) is 35.2 Å². The smallest absolute Gasteiger partial charge is 0.437 e. The maximum absolute atomic E-state index is 12.8. The third kappa shape index (κ3) is 2.83. The molecule has 0 fully saturated rings. The molecule has 0 saturated carbocycles. The lowest BCUT2D eigenvalue weighted by Gasteiger charge is -2.05. The Hall–Kier alpha value is -2.51.